The fraction of sp³-hybridized carbons (Fsp3) is 0.276. The summed E-state index contributed by atoms with van der Waals surface area (Å²) in [6.45, 7) is 0. The summed E-state index contributed by atoms with van der Waals surface area (Å²) < 4.78 is 0. The topological polar surface area (TPSA) is 110 Å². The van der Waals surface area contributed by atoms with Gasteiger partial charge < -0.3 is 5.32 Å². The number of nitro benzene ring substituents is 1. The Bertz CT molecular complexity index is 1360. The van der Waals surface area contributed by atoms with Crippen LogP contribution in [0.1, 0.15) is 40.5 Å². The van der Waals surface area contributed by atoms with Crippen LogP contribution in [0.25, 0.3) is 0 Å². The van der Waals surface area contributed by atoms with Crippen molar-refractivity contribution in [3.8, 4) is 0 Å². The fourth-order valence-electron chi connectivity index (χ4n) is 6.51. The predicted octanol–water partition coefficient (Wildman–Crippen LogP) is 4.55. The summed E-state index contributed by atoms with van der Waals surface area (Å²) in [5.41, 5.74) is 4.59. The van der Waals surface area contributed by atoms with E-state index in [0.717, 1.165) is 22.3 Å². The molecule has 1 N–H and O–H groups in total. The molecule has 4 aliphatic rings. The fourth-order valence-corrected chi connectivity index (χ4v) is 6.97. The van der Waals surface area contributed by atoms with Crippen LogP contribution in [-0.4, -0.2) is 45.6 Å². The second-order valence-electron chi connectivity index (χ2n) is 9.90. The van der Waals surface area contributed by atoms with Crippen molar-refractivity contribution in [2.75, 3.05) is 17.3 Å². The van der Waals surface area contributed by atoms with Crippen LogP contribution < -0.4 is 5.32 Å². The number of hydrogen-bond donors (Lipinski definition) is 1. The lowest BCUT2D eigenvalue weighted by molar-refractivity contribution is -0.384. The number of rotatable bonds is 7. The molecule has 3 aromatic rings. The van der Waals surface area contributed by atoms with Gasteiger partial charge in [0, 0.05) is 29.7 Å². The van der Waals surface area contributed by atoms with E-state index in [4.69, 9.17) is 0 Å². The van der Waals surface area contributed by atoms with E-state index in [1.165, 1.54) is 40.9 Å². The van der Waals surface area contributed by atoms with Crippen LogP contribution in [0.15, 0.2) is 72.8 Å². The average molecular weight is 528 g/mol. The smallest absolute Gasteiger partial charge is 0.269 e. The minimum absolute atomic E-state index is 0.0921. The largest absolute Gasteiger partial charge is 0.324 e. The second-order valence-corrected chi connectivity index (χ2v) is 10.9. The first-order valence-corrected chi connectivity index (χ1v) is 13.9. The van der Waals surface area contributed by atoms with Crippen LogP contribution in [0.4, 0.5) is 11.4 Å². The third-order valence-corrected chi connectivity index (χ3v) is 8.68. The molecule has 0 spiro atoms. The number of hydrogen-bond acceptors (Lipinski definition) is 6. The summed E-state index contributed by atoms with van der Waals surface area (Å²) >= 11 is 1.53. The number of carbonyl (C=O) groups is 3. The van der Waals surface area contributed by atoms with E-state index in [9.17, 15) is 24.5 Å². The molecule has 9 heteroatoms. The van der Waals surface area contributed by atoms with E-state index >= 15 is 0 Å². The Morgan fingerprint density at radius 2 is 1.37 bits per heavy atom. The number of nitrogens with zero attached hydrogens (tertiary/aromatic N) is 2. The molecule has 38 heavy (non-hydrogen) atoms. The van der Waals surface area contributed by atoms with Crippen LogP contribution in [-0.2, 0) is 14.4 Å². The number of likely N-dealkylation sites (tertiary alicyclic amines) is 1. The van der Waals surface area contributed by atoms with Gasteiger partial charge in [0.2, 0.25) is 17.7 Å². The normalized spacial score (nSPS) is 23.4. The Balaban J connectivity index is 1.36. The van der Waals surface area contributed by atoms with Crippen LogP contribution in [0.2, 0.25) is 0 Å². The van der Waals surface area contributed by atoms with Crippen LogP contribution in [0.5, 0.6) is 0 Å². The summed E-state index contributed by atoms with van der Waals surface area (Å²) in [4.78, 5) is 53.4. The third kappa shape index (κ3) is 3.64. The highest BCUT2D eigenvalue weighted by Gasteiger charge is 2.62. The lowest BCUT2D eigenvalue weighted by Crippen LogP contribution is -2.48. The number of imide groups is 1. The van der Waals surface area contributed by atoms with Crippen molar-refractivity contribution in [2.24, 2.45) is 11.8 Å². The molecule has 1 heterocycles. The standard InChI is InChI=1S/C29H25N3O5S/c1-38-15-14-22(27(33)30-16-10-12-17(13-11-16)32(36)37)31-28(34)25-23-18-6-2-3-7-19(18)24(26(25)29(31)35)21-9-5-4-8-20(21)23/h2-13,22-26H,14-15H2,1H3,(H,30,33)/t22-,23?,24?,25-,26-/m0/s1. The zero-order valence-electron chi connectivity index (χ0n) is 20.6. The molecular weight excluding hydrogens is 502 g/mol. The highest BCUT2D eigenvalue weighted by Crippen LogP contribution is 2.61. The molecule has 3 aliphatic carbocycles. The molecule has 0 aromatic heterocycles. The molecule has 1 fully saturated rings. The second kappa shape index (κ2) is 9.40. The van der Waals surface area contributed by atoms with Crippen molar-refractivity contribution in [1.29, 1.82) is 0 Å². The monoisotopic (exact) mass is 527 g/mol. The number of non-ortho nitro benzene ring substituents is 1. The van der Waals surface area contributed by atoms with E-state index in [0.29, 0.717) is 17.9 Å². The molecule has 7 rings (SSSR count). The van der Waals surface area contributed by atoms with E-state index in [-0.39, 0.29) is 29.3 Å². The molecule has 192 valence electrons. The minimum atomic E-state index is -0.978. The van der Waals surface area contributed by atoms with Crippen LogP contribution in [0.3, 0.4) is 0 Å². The van der Waals surface area contributed by atoms with Crippen molar-refractivity contribution in [3.05, 3.63) is 105 Å². The predicted molar refractivity (Wildman–Crippen MR) is 144 cm³/mol. The van der Waals surface area contributed by atoms with Crippen molar-refractivity contribution in [3.63, 3.8) is 0 Å². The molecule has 0 radical (unpaired) electrons. The maximum Gasteiger partial charge on any atom is 0.269 e. The van der Waals surface area contributed by atoms with E-state index < -0.39 is 28.7 Å². The number of anilines is 1. The Hall–Kier alpha value is -3.98. The first-order chi connectivity index (χ1) is 18.4. The van der Waals surface area contributed by atoms with Gasteiger partial charge in [-0.3, -0.25) is 29.4 Å². The van der Waals surface area contributed by atoms with Crippen molar-refractivity contribution >= 4 is 40.9 Å². The minimum Gasteiger partial charge on any atom is -0.324 e. The summed E-state index contributed by atoms with van der Waals surface area (Å²) in [5, 5.41) is 13.8. The maximum absolute atomic E-state index is 14.1. The number of thioether (sulfide) groups is 1. The summed E-state index contributed by atoms with van der Waals surface area (Å²) in [7, 11) is 0. The highest BCUT2D eigenvalue weighted by molar-refractivity contribution is 7.98. The van der Waals surface area contributed by atoms with Gasteiger partial charge in [0.1, 0.15) is 6.04 Å². The SMILES string of the molecule is CSCC[C@@H](C(=O)Nc1ccc([N+](=O)[O-])cc1)N1C(=O)[C@H]2C3c4ccccc4C(c4ccccc43)[C@@H]2C1=O. The molecule has 0 saturated carbocycles. The molecular formula is C29H25N3O5S. The number of benzene rings is 3. The van der Waals surface area contributed by atoms with Gasteiger partial charge in [0.25, 0.3) is 5.69 Å². The Morgan fingerprint density at radius 3 is 1.79 bits per heavy atom. The Kier molecular flexibility index (Phi) is 6.03. The van der Waals surface area contributed by atoms with E-state index in [1.807, 2.05) is 54.8 Å². The molecule has 1 aliphatic heterocycles. The van der Waals surface area contributed by atoms with E-state index in [2.05, 4.69) is 5.32 Å². The van der Waals surface area contributed by atoms with Gasteiger partial charge in [-0.25, -0.2) is 0 Å². The highest BCUT2D eigenvalue weighted by atomic mass is 32.2. The lowest BCUT2D eigenvalue weighted by atomic mass is 9.55. The van der Waals surface area contributed by atoms with Gasteiger partial charge in [0.05, 0.1) is 16.8 Å². The van der Waals surface area contributed by atoms with Crippen LogP contribution >= 0.6 is 11.8 Å². The van der Waals surface area contributed by atoms with Crippen LogP contribution in [0, 0.1) is 22.0 Å². The van der Waals surface area contributed by atoms with Crippen molar-refractivity contribution in [1.82, 2.24) is 4.90 Å². The summed E-state index contributed by atoms with van der Waals surface area (Å²) in [6, 6.07) is 20.6. The average Bonchev–Trinajstić information content (AvgIpc) is 3.19. The molecule has 1 saturated heterocycles. The van der Waals surface area contributed by atoms with E-state index in [1.54, 1.807) is 0 Å². The number of nitrogens with one attached hydrogen (secondary N) is 1. The zero-order valence-corrected chi connectivity index (χ0v) is 21.4. The van der Waals surface area contributed by atoms with Crippen molar-refractivity contribution < 1.29 is 19.3 Å². The third-order valence-electron chi connectivity index (χ3n) is 8.04. The quantitative estimate of drug-likeness (QED) is 0.274. The number of carbonyl (C=O) groups excluding carboxylic acids is 3. The Labute approximate surface area is 223 Å². The van der Waals surface area contributed by atoms with Gasteiger partial charge >= 0.3 is 0 Å². The number of amides is 3. The molecule has 3 aromatic carbocycles. The zero-order chi connectivity index (χ0) is 26.6. The first-order valence-electron chi connectivity index (χ1n) is 12.5. The molecule has 2 bridgehead atoms. The Morgan fingerprint density at radius 1 is 0.895 bits per heavy atom. The van der Waals surface area contributed by atoms with Gasteiger partial charge in [-0.15, -0.1) is 0 Å². The molecule has 0 unspecified atom stereocenters. The molecule has 8 nitrogen and oxygen atoms in total. The van der Waals surface area contributed by atoms with Gasteiger partial charge in [-0.05, 0) is 52.8 Å². The van der Waals surface area contributed by atoms with Gasteiger partial charge in [-0.2, -0.15) is 11.8 Å². The lowest BCUT2D eigenvalue weighted by Gasteiger charge is -2.45. The summed E-state index contributed by atoms with van der Waals surface area (Å²) in [5.74, 6) is -2.08. The number of nitro groups is 1. The summed E-state index contributed by atoms with van der Waals surface area (Å²) in [6.07, 6.45) is 2.22. The maximum atomic E-state index is 14.1. The van der Waals surface area contributed by atoms with Crippen molar-refractivity contribution in [2.45, 2.75) is 24.3 Å². The van der Waals surface area contributed by atoms with Gasteiger partial charge in [-0.1, -0.05) is 48.5 Å². The first kappa shape index (κ1) is 24.4. The van der Waals surface area contributed by atoms with Gasteiger partial charge in [0.15, 0.2) is 0 Å². The molecule has 3 atom stereocenters. The molecule has 3 amide bonds.